The number of tetrazole rings is 1. The van der Waals surface area contributed by atoms with Crippen molar-refractivity contribution in [1.29, 1.82) is 0 Å². The lowest BCUT2D eigenvalue weighted by Gasteiger charge is -2.26. The van der Waals surface area contributed by atoms with Gasteiger partial charge in [0.05, 0.1) is 0 Å². The van der Waals surface area contributed by atoms with Crippen molar-refractivity contribution in [2.24, 2.45) is 5.92 Å². The van der Waals surface area contributed by atoms with Crippen molar-refractivity contribution in [2.75, 3.05) is 14.2 Å². The van der Waals surface area contributed by atoms with Crippen LogP contribution in [-0.4, -0.2) is 49.6 Å². The van der Waals surface area contributed by atoms with Gasteiger partial charge in [0.25, 0.3) is 0 Å². The van der Waals surface area contributed by atoms with Crippen LogP contribution in [0.2, 0.25) is 0 Å². The number of rotatable bonds is 11. The highest BCUT2D eigenvalue weighted by Crippen LogP contribution is 2.31. The number of aromatic amines is 1. The van der Waals surface area contributed by atoms with E-state index in [2.05, 4.69) is 64.8 Å². The first kappa shape index (κ1) is 24.7. The molecule has 0 amide bonds. The lowest BCUT2D eigenvalue weighted by atomic mass is 9.98. The van der Waals surface area contributed by atoms with Crippen molar-refractivity contribution in [2.45, 2.75) is 52.4 Å². The summed E-state index contributed by atoms with van der Waals surface area (Å²) in [6.45, 7) is 7.22. The smallest absolute Gasteiger partial charge is 0.231 e. The molecule has 0 fully saturated rings. The number of benzene rings is 2. The summed E-state index contributed by atoms with van der Waals surface area (Å²) in [5, 5.41) is 19.3. The van der Waals surface area contributed by atoms with Crippen LogP contribution in [0.3, 0.4) is 0 Å². The lowest BCUT2D eigenvalue weighted by Crippen LogP contribution is -2.31. The number of hydrogen-bond donors (Lipinski definition) is 1. The Bertz CT molecular complexity index is 1200. The monoisotopic (exact) mass is 475 g/mol. The third kappa shape index (κ3) is 5.31. The van der Waals surface area contributed by atoms with Crippen molar-refractivity contribution >= 4 is 0 Å². The van der Waals surface area contributed by atoms with Crippen LogP contribution < -0.4 is 0 Å². The van der Waals surface area contributed by atoms with Gasteiger partial charge in [-0.1, -0.05) is 69.3 Å². The molecule has 1 N–H and O–H groups in total. The highest BCUT2D eigenvalue weighted by Gasteiger charge is 2.35. The fourth-order valence-corrected chi connectivity index (χ4v) is 4.13. The van der Waals surface area contributed by atoms with E-state index in [4.69, 9.17) is 19.6 Å². The number of methoxy groups -OCH3 is 2. The lowest BCUT2D eigenvalue weighted by molar-refractivity contribution is -0.222. The number of nitrogens with zero attached hydrogens (tertiary/aromatic N) is 6. The van der Waals surface area contributed by atoms with Crippen molar-refractivity contribution in [3.8, 4) is 22.5 Å². The van der Waals surface area contributed by atoms with Crippen molar-refractivity contribution in [3.63, 3.8) is 0 Å². The Hall–Kier alpha value is -3.43. The van der Waals surface area contributed by atoms with Gasteiger partial charge in [-0.05, 0) is 34.2 Å². The molecule has 0 radical (unpaired) electrons. The first-order chi connectivity index (χ1) is 17.0. The van der Waals surface area contributed by atoms with Crippen molar-refractivity contribution in [1.82, 2.24) is 35.4 Å². The Kier molecular flexibility index (Phi) is 7.67. The third-order valence-electron chi connectivity index (χ3n) is 6.27. The van der Waals surface area contributed by atoms with E-state index in [-0.39, 0.29) is 0 Å². The fraction of sp³-hybridized carbons (Fsp3) is 0.423. The van der Waals surface area contributed by atoms with Gasteiger partial charge < -0.3 is 9.47 Å². The Labute approximate surface area is 205 Å². The summed E-state index contributed by atoms with van der Waals surface area (Å²) < 4.78 is 13.4. The van der Waals surface area contributed by atoms with Crippen LogP contribution >= 0.6 is 0 Å². The number of aryl methyl sites for hydroxylation is 1. The molecule has 0 spiro atoms. The zero-order valence-electron chi connectivity index (χ0n) is 21.0. The average Bonchev–Trinajstić information content (AvgIpc) is 3.56. The van der Waals surface area contributed by atoms with Gasteiger partial charge in [0.2, 0.25) is 17.4 Å². The molecule has 0 bridgehead atoms. The van der Waals surface area contributed by atoms with E-state index in [1.165, 1.54) is 0 Å². The van der Waals surface area contributed by atoms with Crippen LogP contribution in [-0.2, 0) is 28.2 Å². The molecule has 0 aliphatic heterocycles. The van der Waals surface area contributed by atoms with Gasteiger partial charge in [-0.15, -0.1) is 10.2 Å². The Morgan fingerprint density at radius 1 is 1.00 bits per heavy atom. The standard InChI is InChI=1S/C26H33N7O2/c1-6-26(34-4,35-5)25-27-23(33(30-25)16-15-18(2)3)17-19-11-13-20(14-12-19)21-9-7-8-10-22(21)24-28-31-32-29-24/h7-14,18H,6,15-17H2,1-5H3,(H,28,29,31,32). The summed E-state index contributed by atoms with van der Waals surface area (Å²) >= 11 is 0. The summed E-state index contributed by atoms with van der Waals surface area (Å²) in [5.74, 6) is 1.66. The van der Waals surface area contributed by atoms with E-state index in [1.54, 1.807) is 14.2 Å². The molecule has 0 unspecified atom stereocenters. The van der Waals surface area contributed by atoms with Crippen LogP contribution in [0.4, 0.5) is 0 Å². The van der Waals surface area contributed by atoms with Gasteiger partial charge in [0.15, 0.2) is 0 Å². The van der Waals surface area contributed by atoms with Crippen LogP contribution in [0.15, 0.2) is 48.5 Å². The van der Waals surface area contributed by atoms with E-state index in [0.29, 0.717) is 30.4 Å². The third-order valence-corrected chi connectivity index (χ3v) is 6.27. The summed E-state index contributed by atoms with van der Waals surface area (Å²) in [7, 11) is 3.26. The molecular weight excluding hydrogens is 442 g/mol. The largest absolute Gasteiger partial charge is 0.347 e. The second-order valence-electron chi connectivity index (χ2n) is 8.93. The maximum atomic E-state index is 5.70. The van der Waals surface area contributed by atoms with Gasteiger partial charge in [-0.25, -0.2) is 9.67 Å². The molecule has 184 valence electrons. The first-order valence-corrected chi connectivity index (χ1v) is 12.0. The molecule has 0 saturated carbocycles. The quantitative estimate of drug-likeness (QED) is 0.316. The number of ether oxygens (including phenoxy) is 2. The highest BCUT2D eigenvalue weighted by atomic mass is 16.7. The van der Waals surface area contributed by atoms with Gasteiger partial charge in [-0.3, -0.25) is 0 Å². The van der Waals surface area contributed by atoms with Gasteiger partial charge in [-0.2, -0.15) is 10.3 Å². The molecular formula is C26H33N7O2. The predicted octanol–water partition coefficient (Wildman–Crippen LogP) is 4.62. The predicted molar refractivity (Wildman–Crippen MR) is 133 cm³/mol. The average molecular weight is 476 g/mol. The molecule has 0 atom stereocenters. The van der Waals surface area contributed by atoms with Crippen molar-refractivity contribution in [3.05, 3.63) is 65.7 Å². The van der Waals surface area contributed by atoms with E-state index in [0.717, 1.165) is 41.0 Å². The number of nitrogens with one attached hydrogen (secondary N) is 1. The molecule has 4 aromatic rings. The SMILES string of the molecule is CCC(OC)(OC)c1nc(Cc2ccc(-c3ccccc3-c3nn[nH]n3)cc2)n(CCC(C)C)n1. The maximum absolute atomic E-state index is 5.70. The number of hydrogen-bond acceptors (Lipinski definition) is 7. The summed E-state index contributed by atoms with van der Waals surface area (Å²) in [6, 6.07) is 16.5. The molecule has 35 heavy (non-hydrogen) atoms. The second kappa shape index (κ2) is 10.9. The van der Waals surface area contributed by atoms with Gasteiger partial charge in [0, 0.05) is 39.2 Å². The van der Waals surface area contributed by atoms with Crippen LogP contribution in [0, 0.1) is 5.92 Å². The molecule has 9 heteroatoms. The van der Waals surface area contributed by atoms with E-state index >= 15 is 0 Å². The fourth-order valence-electron chi connectivity index (χ4n) is 4.13. The summed E-state index contributed by atoms with van der Waals surface area (Å²) in [5.41, 5.74) is 4.21. The minimum atomic E-state index is -0.944. The molecule has 2 heterocycles. The number of aromatic nitrogens is 7. The summed E-state index contributed by atoms with van der Waals surface area (Å²) in [6.07, 6.45) is 2.29. The number of H-pyrrole nitrogens is 1. The summed E-state index contributed by atoms with van der Waals surface area (Å²) in [4.78, 5) is 4.87. The normalized spacial score (nSPS) is 11.9. The van der Waals surface area contributed by atoms with Crippen LogP contribution in [0.1, 0.15) is 50.8 Å². The highest BCUT2D eigenvalue weighted by molar-refractivity contribution is 5.80. The van der Waals surface area contributed by atoms with Gasteiger partial charge in [0.1, 0.15) is 5.82 Å². The second-order valence-corrected chi connectivity index (χ2v) is 8.93. The molecule has 2 aromatic carbocycles. The van der Waals surface area contributed by atoms with E-state index in [9.17, 15) is 0 Å². The minimum Gasteiger partial charge on any atom is -0.347 e. The minimum absolute atomic E-state index is 0.564. The zero-order chi connectivity index (χ0) is 24.8. The van der Waals surface area contributed by atoms with Gasteiger partial charge >= 0.3 is 0 Å². The Balaban J connectivity index is 1.62. The molecule has 4 rings (SSSR count). The van der Waals surface area contributed by atoms with E-state index in [1.807, 2.05) is 29.8 Å². The Morgan fingerprint density at radius 2 is 1.71 bits per heavy atom. The molecule has 0 saturated heterocycles. The van der Waals surface area contributed by atoms with Crippen molar-refractivity contribution < 1.29 is 9.47 Å². The molecule has 0 aliphatic rings. The van der Waals surface area contributed by atoms with Crippen LogP contribution in [0.25, 0.3) is 22.5 Å². The molecule has 9 nitrogen and oxygen atoms in total. The zero-order valence-corrected chi connectivity index (χ0v) is 21.0. The molecule has 2 aromatic heterocycles. The Morgan fingerprint density at radius 3 is 2.31 bits per heavy atom. The van der Waals surface area contributed by atoms with E-state index < -0.39 is 5.79 Å². The first-order valence-electron chi connectivity index (χ1n) is 12.0. The topological polar surface area (TPSA) is 104 Å². The maximum Gasteiger partial charge on any atom is 0.231 e. The van der Waals surface area contributed by atoms with Crippen LogP contribution in [0.5, 0.6) is 0 Å². The molecule has 0 aliphatic carbocycles.